The van der Waals surface area contributed by atoms with Gasteiger partial charge in [0.05, 0.1) is 27.8 Å². The summed E-state index contributed by atoms with van der Waals surface area (Å²) in [6.07, 6.45) is 6.96. The number of nitrogens with zero attached hydrogens (tertiary/aromatic N) is 10. The summed E-state index contributed by atoms with van der Waals surface area (Å²) in [5.74, 6) is 1.29. The van der Waals surface area contributed by atoms with Crippen LogP contribution in [0.2, 0.25) is 5.02 Å². The Hall–Kier alpha value is -6.63. The van der Waals surface area contributed by atoms with Gasteiger partial charge >= 0.3 is 11.7 Å². The van der Waals surface area contributed by atoms with Crippen molar-refractivity contribution in [2.45, 2.75) is 82.6 Å². The molecular formula is C57H65ClN12O5. The van der Waals surface area contributed by atoms with E-state index < -0.39 is 5.69 Å². The van der Waals surface area contributed by atoms with Gasteiger partial charge in [-0.2, -0.15) is 15.1 Å². The first-order valence-corrected chi connectivity index (χ1v) is 27.1. The standard InChI is InChI=1S/C57H65ClN12O5/c1-34(2)44-25-45(51(72)27-50(44)71)54-63-64-57(74)70(54)40-14-10-35(11-15-40)29-66-20-22-68(23-21-66)55(73)37-16-18-67(19-17-37)41-24-42(65(3)32-41)33-75-56-61-49-26-48(43-8-4-6-36-7-5-9-47(58)52(36)43)59-28-46(49)53(62-56)69-30-38-12-13-39(31-69)60-38/h4-11,14-15,25-28,34,37-39,41-42,60,71-72H,12-13,16-24,29-33H2,1-3H3,(H,64,74)/t38?,39?,41-,42-/m0/s1. The van der Waals surface area contributed by atoms with E-state index in [1.54, 1.807) is 6.07 Å². The van der Waals surface area contributed by atoms with E-state index in [0.29, 0.717) is 65.7 Å². The number of likely N-dealkylation sites (tertiary alicyclic amines) is 2. The van der Waals surface area contributed by atoms with Crippen molar-refractivity contribution in [1.82, 2.24) is 54.6 Å². The summed E-state index contributed by atoms with van der Waals surface area (Å²) >= 11 is 6.78. The van der Waals surface area contributed by atoms with Crippen molar-refractivity contribution >= 4 is 45.0 Å². The number of aromatic nitrogens is 6. The van der Waals surface area contributed by atoms with Gasteiger partial charge in [-0.15, -0.1) is 0 Å². The summed E-state index contributed by atoms with van der Waals surface area (Å²) in [6.45, 7) is 12.6. The van der Waals surface area contributed by atoms with Crippen molar-refractivity contribution in [3.63, 3.8) is 0 Å². The number of halogens is 1. The number of carbonyl (C=O) groups excluding carboxylic acids is 1. The molecule has 5 fully saturated rings. The number of piperazine rings is 2. The molecule has 0 radical (unpaired) electrons. The van der Waals surface area contributed by atoms with Gasteiger partial charge in [-0.1, -0.05) is 67.9 Å². The summed E-state index contributed by atoms with van der Waals surface area (Å²) in [4.78, 5) is 53.9. The molecule has 0 aliphatic carbocycles. The molecule has 75 heavy (non-hydrogen) atoms. The third kappa shape index (κ3) is 9.80. The van der Waals surface area contributed by atoms with Crippen molar-refractivity contribution < 1.29 is 19.7 Å². The number of piperidine rings is 1. The highest BCUT2D eigenvalue weighted by atomic mass is 35.5. The molecule has 390 valence electrons. The number of hydrogen-bond acceptors (Lipinski definition) is 14. The smallest absolute Gasteiger partial charge is 0.348 e. The van der Waals surface area contributed by atoms with Crippen LogP contribution >= 0.6 is 11.6 Å². The molecule has 1 amide bonds. The van der Waals surface area contributed by atoms with E-state index in [0.717, 1.165) is 116 Å². The lowest BCUT2D eigenvalue weighted by molar-refractivity contribution is -0.139. The Morgan fingerprint density at radius 1 is 0.853 bits per heavy atom. The molecule has 17 nitrogen and oxygen atoms in total. The maximum absolute atomic E-state index is 13.9. The van der Waals surface area contributed by atoms with E-state index in [1.165, 1.54) is 23.5 Å². The molecule has 5 aliphatic heterocycles. The fourth-order valence-electron chi connectivity index (χ4n) is 12.5. The second-order valence-electron chi connectivity index (χ2n) is 21.7. The Labute approximate surface area is 441 Å². The molecule has 5 saturated heterocycles. The third-order valence-corrected chi connectivity index (χ3v) is 16.9. The summed E-state index contributed by atoms with van der Waals surface area (Å²) in [7, 11) is 2.18. The van der Waals surface area contributed by atoms with Crippen molar-refractivity contribution in [2.24, 2.45) is 5.92 Å². The van der Waals surface area contributed by atoms with E-state index >= 15 is 0 Å². The third-order valence-electron chi connectivity index (χ3n) is 16.6. The molecule has 12 rings (SSSR count). The van der Waals surface area contributed by atoms with E-state index in [4.69, 9.17) is 31.3 Å². The Morgan fingerprint density at radius 2 is 1.60 bits per heavy atom. The second kappa shape index (κ2) is 20.5. The van der Waals surface area contributed by atoms with Crippen LogP contribution in [0.3, 0.4) is 0 Å². The zero-order valence-corrected chi connectivity index (χ0v) is 43.6. The predicted molar refractivity (Wildman–Crippen MR) is 291 cm³/mol. The Bertz CT molecular complexity index is 3300. The number of phenolic OH excluding ortho intramolecular Hbond substituents is 2. The van der Waals surface area contributed by atoms with Crippen molar-refractivity contribution in [3.05, 3.63) is 112 Å². The number of hydrogen-bond donors (Lipinski definition) is 4. The lowest BCUT2D eigenvalue weighted by Gasteiger charge is -2.39. The Morgan fingerprint density at radius 3 is 2.35 bits per heavy atom. The number of benzene rings is 4. The number of anilines is 1. The van der Waals surface area contributed by atoms with Crippen LogP contribution in [-0.4, -0.2) is 162 Å². The minimum atomic E-state index is -0.429. The molecule has 8 heterocycles. The van der Waals surface area contributed by atoms with Gasteiger partial charge in [0.2, 0.25) is 5.91 Å². The molecule has 5 aliphatic rings. The first-order valence-electron chi connectivity index (χ1n) is 26.7. The lowest BCUT2D eigenvalue weighted by atomic mass is 9.93. The van der Waals surface area contributed by atoms with Gasteiger partial charge in [-0.05, 0) is 105 Å². The number of fused-ring (bicyclic) bond motifs is 4. The predicted octanol–water partition coefficient (Wildman–Crippen LogP) is 7.02. The molecule has 2 unspecified atom stereocenters. The zero-order chi connectivity index (χ0) is 51.5. The van der Waals surface area contributed by atoms with Crippen LogP contribution in [0.5, 0.6) is 17.5 Å². The quantitative estimate of drug-likeness (QED) is 0.0979. The maximum Gasteiger partial charge on any atom is 0.348 e. The number of likely N-dealkylation sites (N-methyl/N-ethyl adjacent to an activating group) is 1. The summed E-state index contributed by atoms with van der Waals surface area (Å²) in [5, 5.41) is 35.3. The van der Waals surface area contributed by atoms with Gasteiger partial charge in [-0.25, -0.2) is 14.5 Å². The average molecular weight is 1030 g/mol. The van der Waals surface area contributed by atoms with Crippen LogP contribution in [0, 0.1) is 5.92 Å². The Kier molecular flexibility index (Phi) is 13.5. The zero-order valence-electron chi connectivity index (χ0n) is 42.8. The fraction of sp³-hybridized carbons (Fsp3) is 0.439. The van der Waals surface area contributed by atoms with E-state index in [-0.39, 0.29) is 41.1 Å². The molecule has 3 aromatic heterocycles. The number of pyridine rings is 1. The highest BCUT2D eigenvalue weighted by Crippen LogP contribution is 2.39. The number of rotatable bonds is 12. The fourth-order valence-corrected chi connectivity index (χ4v) is 12.7. The molecule has 18 heteroatoms. The first-order chi connectivity index (χ1) is 36.4. The van der Waals surface area contributed by atoms with Crippen molar-refractivity contribution in [1.29, 1.82) is 0 Å². The van der Waals surface area contributed by atoms with Gasteiger partial charge in [0.15, 0.2) is 5.82 Å². The monoisotopic (exact) mass is 1030 g/mol. The molecule has 7 aromatic rings. The van der Waals surface area contributed by atoms with E-state index in [1.807, 2.05) is 62.5 Å². The minimum Gasteiger partial charge on any atom is -0.508 e. The van der Waals surface area contributed by atoms with Gasteiger partial charge in [0.1, 0.15) is 23.9 Å². The highest BCUT2D eigenvalue weighted by molar-refractivity contribution is 6.36. The number of phenols is 2. The van der Waals surface area contributed by atoms with Crippen LogP contribution in [-0.2, 0) is 11.3 Å². The number of H-pyrrole nitrogens is 1. The van der Waals surface area contributed by atoms with Gasteiger partial charge in [-0.3, -0.25) is 24.5 Å². The number of aromatic hydroxyl groups is 2. The van der Waals surface area contributed by atoms with Crippen LogP contribution < -0.4 is 20.6 Å². The van der Waals surface area contributed by atoms with Gasteiger partial charge in [0, 0.05) is 111 Å². The van der Waals surface area contributed by atoms with Crippen LogP contribution in [0.15, 0.2) is 89.9 Å². The van der Waals surface area contributed by atoms with E-state index in [2.05, 4.69) is 71.3 Å². The Balaban J connectivity index is 0.644. The molecule has 4 N–H and O–H groups in total. The van der Waals surface area contributed by atoms with Crippen LogP contribution in [0.25, 0.3) is 50.0 Å². The first kappa shape index (κ1) is 49.3. The highest BCUT2D eigenvalue weighted by Gasteiger charge is 2.38. The second-order valence-corrected chi connectivity index (χ2v) is 22.2. The molecule has 4 aromatic carbocycles. The SMILES string of the molecule is CC(C)c1cc(-c2n[nH]c(=O)n2-c2ccc(CN3CCN(C(=O)C4CCN([C@H]5C[C@@H](COc6nc(N7CC8CCC(C7)N8)c7cnc(-c8cccc9cccc(Cl)c89)cc7n6)N(C)C5)CC4)CC3)cc2)c(O)cc1O. The lowest BCUT2D eigenvalue weighted by Crippen LogP contribution is -2.52. The number of carbonyl (C=O) groups is 1. The van der Waals surface area contributed by atoms with Crippen molar-refractivity contribution in [2.75, 3.05) is 77.5 Å². The topological polar surface area (TPSA) is 184 Å². The van der Waals surface area contributed by atoms with Crippen LogP contribution in [0.1, 0.15) is 63.0 Å². The molecule has 0 spiro atoms. The van der Waals surface area contributed by atoms with Gasteiger partial charge < -0.3 is 30.1 Å². The van der Waals surface area contributed by atoms with Crippen LogP contribution in [0.4, 0.5) is 5.82 Å². The summed E-state index contributed by atoms with van der Waals surface area (Å²) in [6, 6.07) is 26.8. The largest absolute Gasteiger partial charge is 0.508 e. The molecular weight excluding hydrogens is 968 g/mol. The average Bonchev–Trinajstić information content (AvgIpc) is 4.11. The number of aromatic amines is 1. The maximum atomic E-state index is 13.9. The molecule has 2 bridgehead atoms. The van der Waals surface area contributed by atoms with Crippen molar-refractivity contribution in [3.8, 4) is 45.8 Å². The summed E-state index contributed by atoms with van der Waals surface area (Å²) < 4.78 is 8.03. The molecule has 4 atom stereocenters. The van der Waals surface area contributed by atoms with E-state index in [9.17, 15) is 19.8 Å². The summed E-state index contributed by atoms with van der Waals surface area (Å²) in [5.41, 5.74) is 4.84. The normalized spacial score (nSPS) is 22.0. The molecule has 0 saturated carbocycles. The number of nitrogens with one attached hydrogen (secondary N) is 2. The number of ether oxygens (including phenoxy) is 1. The number of amides is 1. The van der Waals surface area contributed by atoms with Gasteiger partial charge in [0.25, 0.3) is 0 Å². The minimum absolute atomic E-state index is 0.000144.